The van der Waals surface area contributed by atoms with Crippen LogP contribution in [0.5, 0.6) is 11.5 Å². The fraction of sp³-hybridized carbons (Fsp3) is 0.250. The van der Waals surface area contributed by atoms with E-state index >= 15 is 0 Å². The summed E-state index contributed by atoms with van der Waals surface area (Å²) in [4.78, 5) is 26.1. The number of ether oxygens (including phenoxy) is 2. The average Bonchev–Trinajstić information content (AvgIpc) is 2.72. The molecule has 6 heteroatoms. The van der Waals surface area contributed by atoms with E-state index in [2.05, 4.69) is 0 Å². The second-order valence-electron chi connectivity index (χ2n) is 7.14. The monoisotopic (exact) mass is 407 g/mol. The van der Waals surface area contributed by atoms with Gasteiger partial charge in [0.25, 0.3) is 0 Å². The number of methoxy groups -OCH3 is 1. The van der Waals surface area contributed by atoms with E-state index in [1.54, 1.807) is 18.2 Å². The average molecular weight is 407 g/mol. The molecule has 0 atom stereocenters. The van der Waals surface area contributed by atoms with Crippen LogP contribution in [0.15, 0.2) is 69.4 Å². The van der Waals surface area contributed by atoms with Gasteiger partial charge in [0.05, 0.1) is 12.8 Å². The van der Waals surface area contributed by atoms with Crippen LogP contribution in [0.2, 0.25) is 0 Å². The van der Waals surface area contributed by atoms with Crippen molar-refractivity contribution in [2.75, 3.05) is 19.1 Å². The van der Waals surface area contributed by atoms with Gasteiger partial charge in [-0.1, -0.05) is 23.8 Å². The summed E-state index contributed by atoms with van der Waals surface area (Å²) in [5.74, 6) is 0.452. The Morgan fingerprint density at radius 1 is 1.10 bits per heavy atom. The molecular weight excluding hydrogens is 382 g/mol. The fourth-order valence-corrected chi connectivity index (χ4v) is 3.12. The molecule has 0 aliphatic heterocycles. The normalized spacial score (nSPS) is 10.5. The first-order valence-corrected chi connectivity index (χ1v) is 9.67. The predicted molar refractivity (Wildman–Crippen MR) is 118 cm³/mol. The van der Waals surface area contributed by atoms with E-state index < -0.39 is 5.63 Å². The van der Waals surface area contributed by atoms with Crippen molar-refractivity contribution in [3.8, 4) is 11.5 Å². The van der Waals surface area contributed by atoms with E-state index in [9.17, 15) is 9.59 Å². The molecule has 0 aliphatic carbocycles. The summed E-state index contributed by atoms with van der Waals surface area (Å²) in [5.41, 5.74) is 2.65. The molecule has 0 N–H and O–H groups in total. The highest BCUT2D eigenvalue weighted by molar-refractivity contribution is 5.92. The van der Waals surface area contributed by atoms with Gasteiger partial charge < -0.3 is 18.8 Å². The van der Waals surface area contributed by atoms with Crippen molar-refractivity contribution >= 4 is 28.3 Å². The SMILES string of the molecule is COc1ccc(N(C)c2cc(=O)oc3ccccc23)cc1OC(=O)CCC=C(C)C. The number of para-hydroxylation sites is 1. The molecule has 3 rings (SSSR count). The number of anilines is 2. The van der Waals surface area contributed by atoms with Crippen LogP contribution in [0, 0.1) is 0 Å². The van der Waals surface area contributed by atoms with E-state index in [-0.39, 0.29) is 12.4 Å². The van der Waals surface area contributed by atoms with Gasteiger partial charge in [0.15, 0.2) is 11.5 Å². The second-order valence-corrected chi connectivity index (χ2v) is 7.14. The molecule has 0 radical (unpaired) electrons. The predicted octanol–water partition coefficient (Wildman–Crippen LogP) is 5.22. The molecule has 0 saturated carbocycles. The first kappa shape index (κ1) is 21.2. The summed E-state index contributed by atoms with van der Waals surface area (Å²) in [6, 6.07) is 14.1. The molecule has 6 nitrogen and oxygen atoms in total. The lowest BCUT2D eigenvalue weighted by Gasteiger charge is -2.22. The van der Waals surface area contributed by atoms with Crippen molar-refractivity contribution in [2.45, 2.75) is 26.7 Å². The molecule has 2 aromatic carbocycles. The van der Waals surface area contributed by atoms with Crippen LogP contribution < -0.4 is 20.0 Å². The van der Waals surface area contributed by atoms with Crippen molar-refractivity contribution < 1.29 is 18.7 Å². The van der Waals surface area contributed by atoms with Crippen molar-refractivity contribution in [3.63, 3.8) is 0 Å². The van der Waals surface area contributed by atoms with E-state index in [0.29, 0.717) is 29.2 Å². The van der Waals surface area contributed by atoms with Crippen LogP contribution >= 0.6 is 0 Å². The molecule has 0 amide bonds. The van der Waals surface area contributed by atoms with Gasteiger partial charge in [0.1, 0.15) is 5.58 Å². The van der Waals surface area contributed by atoms with E-state index in [1.165, 1.54) is 13.2 Å². The number of hydrogen-bond acceptors (Lipinski definition) is 6. The van der Waals surface area contributed by atoms with Crippen LogP contribution in [-0.4, -0.2) is 20.1 Å². The third-order valence-electron chi connectivity index (χ3n) is 4.65. The minimum Gasteiger partial charge on any atom is -0.493 e. The van der Waals surface area contributed by atoms with Crippen LogP contribution in [-0.2, 0) is 4.79 Å². The molecule has 1 heterocycles. The fourth-order valence-electron chi connectivity index (χ4n) is 3.12. The molecular formula is C24H25NO5. The maximum absolute atomic E-state index is 12.3. The minimum absolute atomic E-state index is 0.277. The minimum atomic E-state index is -0.435. The summed E-state index contributed by atoms with van der Waals surface area (Å²) in [6.45, 7) is 3.98. The Labute approximate surface area is 175 Å². The third kappa shape index (κ3) is 4.89. The maximum Gasteiger partial charge on any atom is 0.338 e. The molecule has 0 bridgehead atoms. The molecule has 0 saturated heterocycles. The highest BCUT2D eigenvalue weighted by Gasteiger charge is 2.15. The maximum atomic E-state index is 12.3. The number of benzene rings is 2. The quantitative estimate of drug-likeness (QED) is 0.231. The number of allylic oxidation sites excluding steroid dienone is 2. The number of rotatable bonds is 7. The van der Waals surface area contributed by atoms with Gasteiger partial charge in [-0.25, -0.2) is 4.79 Å². The summed E-state index contributed by atoms with van der Waals surface area (Å²) in [6.07, 6.45) is 2.89. The Morgan fingerprint density at radius 3 is 2.60 bits per heavy atom. The lowest BCUT2D eigenvalue weighted by atomic mass is 10.1. The smallest absolute Gasteiger partial charge is 0.338 e. The van der Waals surface area contributed by atoms with Crippen LogP contribution in [0.3, 0.4) is 0 Å². The molecule has 0 aliphatic rings. The Balaban J connectivity index is 1.92. The number of hydrogen-bond donors (Lipinski definition) is 0. The molecule has 0 unspecified atom stereocenters. The summed E-state index contributed by atoms with van der Waals surface area (Å²) < 4.78 is 16.2. The third-order valence-corrected chi connectivity index (χ3v) is 4.65. The van der Waals surface area contributed by atoms with Crippen molar-refractivity contribution in [3.05, 3.63) is 70.6 Å². The number of nitrogens with zero attached hydrogens (tertiary/aromatic N) is 1. The summed E-state index contributed by atoms with van der Waals surface area (Å²) in [5, 5.41) is 0.802. The molecule has 0 fully saturated rings. The number of carbonyl (C=O) groups excluding carboxylic acids is 1. The number of esters is 1. The lowest BCUT2D eigenvalue weighted by Crippen LogP contribution is -2.14. The van der Waals surface area contributed by atoms with Gasteiger partial charge >= 0.3 is 11.6 Å². The standard InChI is InChI=1S/C24H25NO5/c1-16(2)8-7-11-23(26)30-22-14-17(12-13-21(22)28-4)25(3)19-15-24(27)29-20-10-6-5-9-18(19)20/h5-6,8-10,12-15H,7,11H2,1-4H3. The molecule has 3 aromatic rings. The van der Waals surface area contributed by atoms with Gasteiger partial charge in [-0.2, -0.15) is 0 Å². The summed E-state index contributed by atoms with van der Waals surface area (Å²) >= 11 is 0. The van der Waals surface area contributed by atoms with Gasteiger partial charge in [0, 0.05) is 36.7 Å². The van der Waals surface area contributed by atoms with E-state index in [4.69, 9.17) is 13.9 Å². The Morgan fingerprint density at radius 2 is 1.87 bits per heavy atom. The van der Waals surface area contributed by atoms with Crippen molar-refractivity contribution in [2.24, 2.45) is 0 Å². The zero-order valence-electron chi connectivity index (χ0n) is 17.6. The molecule has 1 aromatic heterocycles. The van der Waals surface area contributed by atoms with Gasteiger partial charge in [-0.3, -0.25) is 4.79 Å². The number of fused-ring (bicyclic) bond motifs is 1. The van der Waals surface area contributed by atoms with Crippen LogP contribution in [0.4, 0.5) is 11.4 Å². The number of carbonyl (C=O) groups is 1. The Kier molecular flexibility index (Phi) is 6.57. The van der Waals surface area contributed by atoms with E-state index in [0.717, 1.165) is 16.6 Å². The topological polar surface area (TPSA) is 69.0 Å². The molecule has 30 heavy (non-hydrogen) atoms. The largest absolute Gasteiger partial charge is 0.493 e. The zero-order valence-corrected chi connectivity index (χ0v) is 17.6. The lowest BCUT2D eigenvalue weighted by molar-refractivity contribution is -0.134. The van der Waals surface area contributed by atoms with Crippen molar-refractivity contribution in [1.29, 1.82) is 0 Å². The van der Waals surface area contributed by atoms with Gasteiger partial charge in [0.2, 0.25) is 0 Å². The zero-order chi connectivity index (χ0) is 21.7. The molecule has 0 spiro atoms. The van der Waals surface area contributed by atoms with E-state index in [1.807, 2.05) is 56.1 Å². The second kappa shape index (κ2) is 9.31. The Bertz CT molecular complexity index is 1140. The highest BCUT2D eigenvalue weighted by Crippen LogP contribution is 2.36. The highest BCUT2D eigenvalue weighted by atomic mass is 16.6. The first-order chi connectivity index (χ1) is 14.4. The van der Waals surface area contributed by atoms with Crippen LogP contribution in [0.1, 0.15) is 26.7 Å². The van der Waals surface area contributed by atoms with Gasteiger partial charge in [-0.05, 0) is 44.5 Å². The Hall–Kier alpha value is -3.54. The van der Waals surface area contributed by atoms with Crippen molar-refractivity contribution in [1.82, 2.24) is 0 Å². The first-order valence-electron chi connectivity index (χ1n) is 9.67. The summed E-state index contributed by atoms with van der Waals surface area (Å²) in [7, 11) is 3.36. The van der Waals surface area contributed by atoms with Gasteiger partial charge in [-0.15, -0.1) is 0 Å². The van der Waals surface area contributed by atoms with Crippen LogP contribution in [0.25, 0.3) is 11.0 Å². The molecule has 156 valence electrons.